The fourth-order valence-corrected chi connectivity index (χ4v) is 5.45. The van der Waals surface area contributed by atoms with Crippen LogP contribution in [0.2, 0.25) is 0 Å². The molecule has 0 spiro atoms. The van der Waals surface area contributed by atoms with Gasteiger partial charge in [-0.25, -0.2) is 13.9 Å². The van der Waals surface area contributed by atoms with Gasteiger partial charge in [0, 0.05) is 30.6 Å². The molecule has 1 aromatic heterocycles. The molecule has 1 aromatic carbocycles. The Balaban J connectivity index is 1.43. The minimum absolute atomic E-state index is 0.00576. The quantitative estimate of drug-likeness (QED) is 0.546. The molecule has 9 nitrogen and oxygen atoms in total. The number of carbonyl (C=O) groups is 3. The second kappa shape index (κ2) is 11.2. The normalized spacial score (nSPS) is 21.1. The van der Waals surface area contributed by atoms with Gasteiger partial charge in [-0.15, -0.1) is 0 Å². The standard InChI is InChI=1S/C29H36FN5O4/c1-17(2)10-25(36)34-16-21(15-32-34)18-6-7-19(24(30)13-18)11-22(14-31)33-27(37)26-20-8-9-23(12-20)35(26)28(38)39-29(3,4)5/h6-7,13,15-17,20,22-23,26H,8-12H2,1-5H3,(H,33,37). The highest BCUT2D eigenvalue weighted by atomic mass is 19.1. The number of nitriles is 1. The van der Waals surface area contributed by atoms with Crippen molar-refractivity contribution < 1.29 is 23.5 Å². The number of amides is 2. The van der Waals surface area contributed by atoms with Crippen molar-refractivity contribution in [1.29, 1.82) is 5.26 Å². The van der Waals surface area contributed by atoms with E-state index in [0.717, 1.165) is 19.3 Å². The van der Waals surface area contributed by atoms with Crippen LogP contribution in [0.25, 0.3) is 11.1 Å². The van der Waals surface area contributed by atoms with Gasteiger partial charge in [0.1, 0.15) is 23.5 Å². The van der Waals surface area contributed by atoms with E-state index < -0.39 is 35.5 Å². The second-order valence-electron chi connectivity index (χ2n) is 11.9. The summed E-state index contributed by atoms with van der Waals surface area (Å²) in [6, 6.07) is 4.90. The summed E-state index contributed by atoms with van der Waals surface area (Å²) in [6.45, 7) is 9.22. The average molecular weight is 538 g/mol. The van der Waals surface area contributed by atoms with E-state index >= 15 is 4.39 Å². The van der Waals surface area contributed by atoms with Crippen molar-refractivity contribution in [3.05, 3.63) is 42.0 Å². The fraction of sp³-hybridized carbons (Fsp3) is 0.552. The van der Waals surface area contributed by atoms with Crippen LogP contribution < -0.4 is 5.32 Å². The maximum Gasteiger partial charge on any atom is 0.411 e. The minimum Gasteiger partial charge on any atom is -0.444 e. The number of nitrogens with one attached hydrogen (secondary N) is 1. The summed E-state index contributed by atoms with van der Waals surface area (Å²) in [5.74, 6) is -0.888. The van der Waals surface area contributed by atoms with E-state index in [-0.39, 0.29) is 35.8 Å². The van der Waals surface area contributed by atoms with Gasteiger partial charge in [0.2, 0.25) is 11.8 Å². The molecule has 1 aliphatic heterocycles. The first-order valence-electron chi connectivity index (χ1n) is 13.4. The Morgan fingerprint density at radius 2 is 1.97 bits per heavy atom. The number of aromatic nitrogens is 2. The van der Waals surface area contributed by atoms with Gasteiger partial charge in [-0.3, -0.25) is 14.5 Å². The van der Waals surface area contributed by atoms with Crippen LogP contribution in [0.4, 0.5) is 9.18 Å². The summed E-state index contributed by atoms with van der Waals surface area (Å²) >= 11 is 0. The number of benzene rings is 1. The fourth-order valence-electron chi connectivity index (χ4n) is 5.45. The minimum atomic E-state index is -0.978. The van der Waals surface area contributed by atoms with E-state index in [0.29, 0.717) is 17.5 Å². The lowest BCUT2D eigenvalue weighted by atomic mass is 9.97. The maximum absolute atomic E-state index is 15.1. The Hall–Kier alpha value is -3.74. The SMILES string of the molecule is CC(C)CC(=O)n1cc(-c2ccc(CC(C#N)NC(=O)C3C4CCC(C4)N3C(=O)OC(C)(C)C)c(F)c2)cn1. The molecule has 2 aromatic rings. The zero-order valence-electron chi connectivity index (χ0n) is 23.1. The first kappa shape index (κ1) is 28.3. The van der Waals surface area contributed by atoms with E-state index in [2.05, 4.69) is 16.5 Å². The Labute approximate surface area is 228 Å². The van der Waals surface area contributed by atoms with E-state index in [1.807, 2.05) is 13.8 Å². The Morgan fingerprint density at radius 3 is 2.62 bits per heavy atom. The van der Waals surface area contributed by atoms with Crippen molar-refractivity contribution in [2.45, 2.75) is 90.4 Å². The smallest absolute Gasteiger partial charge is 0.411 e. The van der Waals surface area contributed by atoms with Crippen LogP contribution in [-0.2, 0) is 16.0 Å². The Kier molecular flexibility index (Phi) is 8.09. The van der Waals surface area contributed by atoms with Gasteiger partial charge in [-0.1, -0.05) is 26.0 Å². The van der Waals surface area contributed by atoms with Gasteiger partial charge >= 0.3 is 6.09 Å². The van der Waals surface area contributed by atoms with Gasteiger partial charge in [-0.05, 0) is 69.1 Å². The number of halogens is 1. The van der Waals surface area contributed by atoms with Crippen LogP contribution in [0.15, 0.2) is 30.6 Å². The maximum atomic E-state index is 15.1. The summed E-state index contributed by atoms with van der Waals surface area (Å²) in [5.41, 5.74) is 0.723. The molecule has 10 heteroatoms. The molecule has 208 valence electrons. The molecule has 4 unspecified atom stereocenters. The summed E-state index contributed by atoms with van der Waals surface area (Å²) in [5, 5.41) is 16.6. The first-order valence-corrected chi connectivity index (χ1v) is 13.4. The monoisotopic (exact) mass is 537 g/mol. The summed E-state index contributed by atoms with van der Waals surface area (Å²) in [6.07, 6.45) is 5.25. The van der Waals surface area contributed by atoms with Crippen molar-refractivity contribution >= 4 is 17.9 Å². The predicted octanol–water partition coefficient (Wildman–Crippen LogP) is 4.71. The highest BCUT2D eigenvalue weighted by molar-refractivity contribution is 5.87. The molecule has 39 heavy (non-hydrogen) atoms. The van der Waals surface area contributed by atoms with Crippen LogP contribution in [-0.4, -0.2) is 56.3 Å². The number of carbonyl (C=O) groups excluding carboxylic acids is 3. The third-order valence-electron chi connectivity index (χ3n) is 7.16. The van der Waals surface area contributed by atoms with Crippen LogP contribution >= 0.6 is 0 Å². The summed E-state index contributed by atoms with van der Waals surface area (Å²) < 4.78 is 21.9. The summed E-state index contributed by atoms with van der Waals surface area (Å²) in [7, 11) is 0. The number of fused-ring (bicyclic) bond motifs is 2. The van der Waals surface area contributed by atoms with Crippen LogP contribution in [0.1, 0.15) is 70.7 Å². The van der Waals surface area contributed by atoms with E-state index in [1.54, 1.807) is 39.1 Å². The van der Waals surface area contributed by atoms with Gasteiger partial charge in [0.05, 0.1) is 12.3 Å². The van der Waals surface area contributed by atoms with Crippen LogP contribution in [0, 0.1) is 29.0 Å². The molecule has 0 radical (unpaired) electrons. The second-order valence-corrected chi connectivity index (χ2v) is 11.9. The number of piperidine rings is 1. The lowest BCUT2D eigenvalue weighted by Gasteiger charge is -2.35. The molecule has 1 N–H and O–H groups in total. The third-order valence-corrected chi connectivity index (χ3v) is 7.16. The number of ether oxygens (including phenoxy) is 1. The molecule has 1 aliphatic carbocycles. The van der Waals surface area contributed by atoms with Crippen molar-refractivity contribution in [2.24, 2.45) is 11.8 Å². The van der Waals surface area contributed by atoms with E-state index in [4.69, 9.17) is 4.74 Å². The van der Waals surface area contributed by atoms with Crippen molar-refractivity contribution in [3.63, 3.8) is 0 Å². The third kappa shape index (κ3) is 6.47. The van der Waals surface area contributed by atoms with E-state index in [9.17, 15) is 19.6 Å². The molecule has 2 heterocycles. The molecule has 1 saturated carbocycles. The van der Waals surface area contributed by atoms with Gasteiger partial charge in [-0.2, -0.15) is 10.4 Å². The largest absolute Gasteiger partial charge is 0.444 e. The van der Waals surface area contributed by atoms with Gasteiger partial charge in [0.25, 0.3) is 0 Å². The van der Waals surface area contributed by atoms with Crippen LogP contribution in [0.3, 0.4) is 0 Å². The molecule has 1 saturated heterocycles. The average Bonchev–Trinajstić information content (AvgIpc) is 3.59. The van der Waals surface area contributed by atoms with Crippen molar-refractivity contribution in [3.8, 4) is 17.2 Å². The Morgan fingerprint density at radius 1 is 1.23 bits per heavy atom. The van der Waals surface area contributed by atoms with Gasteiger partial charge in [0.15, 0.2) is 0 Å². The molecule has 2 bridgehead atoms. The number of nitrogens with zero attached hydrogens (tertiary/aromatic N) is 4. The number of hydrogen-bond donors (Lipinski definition) is 1. The molecular weight excluding hydrogens is 501 g/mol. The highest BCUT2D eigenvalue weighted by Crippen LogP contribution is 2.43. The molecule has 2 fully saturated rings. The number of hydrogen-bond acceptors (Lipinski definition) is 6. The lowest BCUT2D eigenvalue weighted by Crippen LogP contribution is -2.55. The Bertz CT molecular complexity index is 1290. The molecule has 4 rings (SSSR count). The lowest BCUT2D eigenvalue weighted by molar-refractivity contribution is -0.128. The number of rotatable bonds is 7. The van der Waals surface area contributed by atoms with E-state index in [1.165, 1.54) is 21.8 Å². The molecule has 2 aliphatic rings. The van der Waals surface area contributed by atoms with Gasteiger partial charge < -0.3 is 10.1 Å². The number of likely N-dealkylation sites (tertiary alicyclic amines) is 1. The summed E-state index contributed by atoms with van der Waals surface area (Å²) in [4.78, 5) is 39.9. The molecule has 4 atom stereocenters. The predicted molar refractivity (Wildman–Crippen MR) is 142 cm³/mol. The highest BCUT2D eigenvalue weighted by Gasteiger charge is 2.52. The van der Waals surface area contributed by atoms with Crippen LogP contribution in [0.5, 0.6) is 0 Å². The van der Waals surface area contributed by atoms with Crippen molar-refractivity contribution in [2.75, 3.05) is 0 Å². The molecular formula is C29H36FN5O4. The topological polar surface area (TPSA) is 117 Å². The zero-order valence-corrected chi connectivity index (χ0v) is 23.1. The van der Waals surface area contributed by atoms with Crippen molar-refractivity contribution in [1.82, 2.24) is 20.0 Å². The molecule has 2 amide bonds. The first-order chi connectivity index (χ1) is 18.4. The zero-order chi connectivity index (χ0) is 28.5.